The molecule has 0 fully saturated rings. The highest BCUT2D eigenvalue weighted by atomic mass is 32.2. The van der Waals surface area contributed by atoms with Gasteiger partial charge in [-0.3, -0.25) is 30.9 Å². The van der Waals surface area contributed by atoms with Gasteiger partial charge in [-0.05, 0) is 49.1 Å². The van der Waals surface area contributed by atoms with Gasteiger partial charge in [0.2, 0.25) is 0 Å². The molecule has 3 aromatic rings. The topological polar surface area (TPSA) is 138 Å². The number of amides is 2. The van der Waals surface area contributed by atoms with Crippen molar-refractivity contribution in [3.8, 4) is 0 Å². The van der Waals surface area contributed by atoms with Gasteiger partial charge in [0.15, 0.2) is 0 Å². The third-order valence-corrected chi connectivity index (χ3v) is 5.85. The molecule has 29 heavy (non-hydrogen) atoms. The van der Waals surface area contributed by atoms with Gasteiger partial charge in [-0.2, -0.15) is 0 Å². The summed E-state index contributed by atoms with van der Waals surface area (Å²) in [6.07, 6.45) is 0.521. The Labute approximate surface area is 171 Å². The van der Waals surface area contributed by atoms with Crippen LogP contribution >= 0.6 is 11.9 Å². The first-order valence-corrected chi connectivity index (χ1v) is 10.1. The average Bonchev–Trinajstić information content (AvgIpc) is 3.11. The number of hydrazine groups is 1. The smallest absolute Gasteiger partial charge is 0.270 e. The number of fused-ring (bicyclic) bond motifs is 3. The molecule has 2 amide bonds. The van der Waals surface area contributed by atoms with E-state index in [0.717, 1.165) is 34.1 Å². The molecule has 1 aliphatic heterocycles. The minimum absolute atomic E-state index is 0.0215. The molecule has 0 radical (unpaired) electrons. The number of para-hydroxylation sites is 1. The molecule has 2 heterocycles. The van der Waals surface area contributed by atoms with Crippen LogP contribution in [0.3, 0.4) is 0 Å². The molecular weight excluding hydrogens is 388 g/mol. The standard InChI is InChI=1S/C20H22N6O2S/c1-10-17-13(11-5-2-3-8-15(11)24-17)9-16(23-10)20(28)26-25-19(27)12-6-4-7-14(21)18(12)29-22/h2-8,10,16,23-24H,9,21-22H2,1H3,(H,25,27)(H,26,28). The van der Waals surface area contributed by atoms with Crippen LogP contribution in [-0.4, -0.2) is 22.8 Å². The highest BCUT2D eigenvalue weighted by molar-refractivity contribution is 7.97. The Kier molecular flexibility index (Phi) is 5.18. The maximum Gasteiger partial charge on any atom is 0.270 e. The number of carbonyl (C=O) groups excluding carboxylic acids is 2. The van der Waals surface area contributed by atoms with Crippen molar-refractivity contribution in [3.05, 3.63) is 59.3 Å². The number of hydrogen-bond acceptors (Lipinski definition) is 6. The number of hydrogen-bond donors (Lipinski definition) is 6. The molecular formula is C20H22N6O2S. The SMILES string of the molecule is CC1NC(C(=O)NNC(=O)c2cccc(N)c2SN)Cc2c1[nH]c1ccccc21. The molecule has 0 saturated heterocycles. The number of rotatable bonds is 3. The number of anilines is 1. The van der Waals surface area contributed by atoms with Crippen LogP contribution in [0.4, 0.5) is 5.69 Å². The van der Waals surface area contributed by atoms with Crippen molar-refractivity contribution in [2.75, 3.05) is 5.73 Å². The van der Waals surface area contributed by atoms with Crippen LogP contribution in [0.1, 0.15) is 34.6 Å². The lowest BCUT2D eigenvalue weighted by Gasteiger charge is -2.28. The Morgan fingerprint density at radius 3 is 2.72 bits per heavy atom. The van der Waals surface area contributed by atoms with Crippen LogP contribution in [0, 0.1) is 0 Å². The lowest BCUT2D eigenvalue weighted by molar-refractivity contribution is -0.124. The molecule has 8 nitrogen and oxygen atoms in total. The molecule has 0 bridgehead atoms. The second kappa shape index (κ2) is 7.78. The van der Waals surface area contributed by atoms with Crippen molar-refractivity contribution in [1.29, 1.82) is 0 Å². The summed E-state index contributed by atoms with van der Waals surface area (Å²) < 4.78 is 0. The summed E-state index contributed by atoms with van der Waals surface area (Å²) in [4.78, 5) is 29.1. The molecule has 2 aromatic carbocycles. The van der Waals surface area contributed by atoms with Crippen LogP contribution in [0.15, 0.2) is 47.4 Å². The van der Waals surface area contributed by atoms with Crippen molar-refractivity contribution in [2.45, 2.75) is 30.3 Å². The maximum absolute atomic E-state index is 12.7. The summed E-state index contributed by atoms with van der Waals surface area (Å²) in [7, 11) is 0. The summed E-state index contributed by atoms with van der Waals surface area (Å²) in [6, 6.07) is 12.5. The van der Waals surface area contributed by atoms with Crippen LogP contribution in [-0.2, 0) is 11.2 Å². The number of nitrogens with one attached hydrogen (secondary N) is 4. The summed E-state index contributed by atoms with van der Waals surface area (Å²) in [5, 5.41) is 10.0. The van der Waals surface area contributed by atoms with Gasteiger partial charge in [0.05, 0.1) is 16.5 Å². The van der Waals surface area contributed by atoms with Crippen molar-refractivity contribution >= 4 is 40.4 Å². The van der Waals surface area contributed by atoms with Crippen molar-refractivity contribution in [3.63, 3.8) is 0 Å². The van der Waals surface area contributed by atoms with Gasteiger partial charge in [0.1, 0.15) is 0 Å². The summed E-state index contributed by atoms with van der Waals surface area (Å²) in [5.74, 6) is -0.790. The van der Waals surface area contributed by atoms with Crippen LogP contribution in [0.25, 0.3) is 10.9 Å². The highest BCUT2D eigenvalue weighted by Gasteiger charge is 2.31. The zero-order chi connectivity index (χ0) is 20.5. The van der Waals surface area contributed by atoms with E-state index in [-0.39, 0.29) is 11.9 Å². The van der Waals surface area contributed by atoms with E-state index >= 15 is 0 Å². The van der Waals surface area contributed by atoms with Gasteiger partial charge < -0.3 is 10.7 Å². The third kappa shape index (κ3) is 3.55. The van der Waals surface area contributed by atoms with Crippen LogP contribution in [0.5, 0.6) is 0 Å². The number of carbonyl (C=O) groups is 2. The Morgan fingerprint density at radius 2 is 1.93 bits per heavy atom. The minimum atomic E-state index is -0.477. The zero-order valence-corrected chi connectivity index (χ0v) is 16.6. The molecule has 1 aromatic heterocycles. The molecule has 0 spiro atoms. The Hall–Kier alpha value is -3.01. The number of nitrogens with two attached hydrogens (primary N) is 2. The van der Waals surface area contributed by atoms with E-state index in [1.165, 1.54) is 0 Å². The van der Waals surface area contributed by atoms with Crippen molar-refractivity contribution < 1.29 is 9.59 Å². The predicted molar refractivity (Wildman–Crippen MR) is 114 cm³/mol. The largest absolute Gasteiger partial charge is 0.398 e. The van der Waals surface area contributed by atoms with Gasteiger partial charge in [-0.1, -0.05) is 24.3 Å². The molecule has 1 aliphatic rings. The van der Waals surface area contributed by atoms with E-state index in [2.05, 4.69) is 21.2 Å². The normalized spacial score (nSPS) is 18.3. The van der Waals surface area contributed by atoms with Gasteiger partial charge in [0, 0.05) is 28.3 Å². The number of nitrogen functional groups attached to an aromatic ring is 1. The van der Waals surface area contributed by atoms with Crippen LogP contribution in [0.2, 0.25) is 0 Å². The maximum atomic E-state index is 12.7. The summed E-state index contributed by atoms with van der Waals surface area (Å²) in [6.45, 7) is 2.00. The first-order valence-electron chi connectivity index (χ1n) is 9.20. The molecule has 2 unspecified atom stereocenters. The third-order valence-electron chi connectivity index (χ3n) is 5.16. The zero-order valence-electron chi connectivity index (χ0n) is 15.8. The van der Waals surface area contributed by atoms with Crippen molar-refractivity contribution in [1.82, 2.24) is 21.2 Å². The fraction of sp³-hybridized carbons (Fsp3) is 0.200. The predicted octanol–water partition coefficient (Wildman–Crippen LogP) is 1.75. The monoisotopic (exact) mass is 410 g/mol. The first kappa shape index (κ1) is 19.3. The first-order chi connectivity index (χ1) is 14.0. The van der Waals surface area contributed by atoms with Crippen LogP contribution < -0.4 is 27.0 Å². The highest BCUT2D eigenvalue weighted by Crippen LogP contribution is 2.31. The van der Waals surface area contributed by atoms with Gasteiger partial charge in [-0.15, -0.1) is 0 Å². The fourth-order valence-electron chi connectivity index (χ4n) is 3.76. The molecule has 9 heteroatoms. The second-order valence-corrected chi connectivity index (χ2v) is 7.64. The average molecular weight is 411 g/mol. The molecule has 4 rings (SSSR count). The van der Waals surface area contributed by atoms with E-state index in [0.29, 0.717) is 22.6 Å². The Morgan fingerprint density at radius 1 is 1.14 bits per heavy atom. The summed E-state index contributed by atoms with van der Waals surface area (Å²) >= 11 is 0.893. The molecule has 0 aliphatic carbocycles. The van der Waals surface area contributed by atoms with E-state index in [4.69, 9.17) is 10.9 Å². The minimum Gasteiger partial charge on any atom is -0.398 e. The quantitative estimate of drug-likeness (QED) is 0.221. The van der Waals surface area contributed by atoms with E-state index < -0.39 is 11.9 Å². The summed E-state index contributed by atoms with van der Waals surface area (Å²) in [5.41, 5.74) is 14.8. The van der Waals surface area contributed by atoms with Gasteiger partial charge >= 0.3 is 0 Å². The van der Waals surface area contributed by atoms with Gasteiger partial charge in [-0.25, -0.2) is 0 Å². The number of H-pyrrole nitrogens is 1. The number of aromatic nitrogens is 1. The van der Waals surface area contributed by atoms with Gasteiger partial charge in [0.25, 0.3) is 11.8 Å². The molecule has 8 N–H and O–H groups in total. The van der Waals surface area contributed by atoms with Crippen molar-refractivity contribution in [2.24, 2.45) is 5.14 Å². The lowest BCUT2D eigenvalue weighted by atomic mass is 9.94. The number of benzene rings is 2. The second-order valence-electron chi connectivity index (χ2n) is 6.99. The number of aromatic amines is 1. The van der Waals surface area contributed by atoms with E-state index in [1.54, 1.807) is 18.2 Å². The Balaban J connectivity index is 1.47. The Bertz CT molecular complexity index is 1100. The lowest BCUT2D eigenvalue weighted by Crippen LogP contribution is -2.53. The molecule has 150 valence electrons. The van der Waals surface area contributed by atoms with E-state index in [9.17, 15) is 9.59 Å². The molecule has 2 atom stereocenters. The van der Waals surface area contributed by atoms with E-state index in [1.807, 2.05) is 31.2 Å². The molecule has 0 saturated carbocycles. The fourth-order valence-corrected chi connectivity index (χ4v) is 4.26.